The third-order valence-corrected chi connectivity index (χ3v) is 4.49. The molecule has 25 heavy (non-hydrogen) atoms. The van der Waals surface area contributed by atoms with Crippen LogP contribution >= 0.6 is 0 Å². The van der Waals surface area contributed by atoms with Crippen LogP contribution in [0.4, 0.5) is 5.69 Å². The number of nitrogens with one attached hydrogen (secondary N) is 1. The topological polar surface area (TPSA) is 52.7 Å². The second-order valence-corrected chi connectivity index (χ2v) is 6.24. The van der Waals surface area contributed by atoms with Gasteiger partial charge in [-0.25, -0.2) is 0 Å². The van der Waals surface area contributed by atoms with E-state index < -0.39 is 6.04 Å². The van der Waals surface area contributed by atoms with Crippen LogP contribution in [-0.2, 0) is 16.1 Å². The molecule has 130 valence electrons. The normalized spacial score (nSPS) is 17.4. The van der Waals surface area contributed by atoms with Crippen LogP contribution in [0.1, 0.15) is 12.0 Å². The third-order valence-electron chi connectivity index (χ3n) is 4.49. The van der Waals surface area contributed by atoms with Crippen molar-refractivity contribution in [2.45, 2.75) is 19.0 Å². The predicted molar refractivity (Wildman–Crippen MR) is 98.1 cm³/mol. The van der Waals surface area contributed by atoms with Crippen LogP contribution in [0.5, 0.6) is 0 Å². The van der Waals surface area contributed by atoms with E-state index in [0.717, 1.165) is 11.3 Å². The molecule has 2 aromatic rings. The second-order valence-electron chi connectivity index (χ2n) is 6.24. The van der Waals surface area contributed by atoms with E-state index in [1.165, 1.54) is 0 Å². The van der Waals surface area contributed by atoms with E-state index >= 15 is 0 Å². The van der Waals surface area contributed by atoms with Crippen LogP contribution in [0.3, 0.4) is 0 Å². The minimum absolute atomic E-state index is 0.00934. The maximum Gasteiger partial charge on any atom is 0.240 e. The monoisotopic (exact) mass is 337 g/mol. The lowest BCUT2D eigenvalue weighted by Crippen LogP contribution is -2.55. The molecule has 1 saturated heterocycles. The average molecular weight is 337 g/mol. The molecule has 0 saturated carbocycles. The number of benzene rings is 2. The van der Waals surface area contributed by atoms with Gasteiger partial charge >= 0.3 is 0 Å². The van der Waals surface area contributed by atoms with Crippen molar-refractivity contribution in [1.29, 1.82) is 0 Å². The van der Waals surface area contributed by atoms with Crippen LogP contribution < -0.4 is 10.2 Å². The summed E-state index contributed by atoms with van der Waals surface area (Å²) in [5, 5.41) is 3.18. The number of para-hydroxylation sites is 1. The number of carbonyl (C=O) groups is 2. The molecular formula is C20H23N3O2. The fourth-order valence-corrected chi connectivity index (χ4v) is 3.02. The molecule has 0 bridgehead atoms. The summed E-state index contributed by atoms with van der Waals surface area (Å²) in [6.45, 7) is 1.94. The van der Waals surface area contributed by atoms with Gasteiger partial charge in [0.15, 0.2) is 0 Å². The molecule has 0 spiro atoms. The Balaban J connectivity index is 1.62. The van der Waals surface area contributed by atoms with Crippen LogP contribution in [0.25, 0.3) is 0 Å². The van der Waals surface area contributed by atoms with E-state index in [0.29, 0.717) is 19.6 Å². The summed E-state index contributed by atoms with van der Waals surface area (Å²) in [4.78, 5) is 28.7. The first kappa shape index (κ1) is 17.2. The number of piperazine rings is 1. The molecule has 1 aliphatic heterocycles. The maximum absolute atomic E-state index is 12.7. The van der Waals surface area contributed by atoms with Gasteiger partial charge in [-0.2, -0.15) is 0 Å². The summed E-state index contributed by atoms with van der Waals surface area (Å²) in [5.74, 6) is -0.0801. The Labute approximate surface area is 148 Å². The fourth-order valence-electron chi connectivity index (χ4n) is 3.02. The van der Waals surface area contributed by atoms with Gasteiger partial charge in [-0.1, -0.05) is 48.5 Å². The number of anilines is 1. The second kappa shape index (κ2) is 7.94. The lowest BCUT2D eigenvalue weighted by atomic mass is 10.1. The largest absolute Gasteiger partial charge is 0.336 e. The number of hydrogen-bond donors (Lipinski definition) is 1. The van der Waals surface area contributed by atoms with Gasteiger partial charge < -0.3 is 15.1 Å². The van der Waals surface area contributed by atoms with E-state index in [-0.39, 0.29) is 18.2 Å². The molecule has 0 aromatic heterocycles. The molecule has 1 unspecified atom stereocenters. The SMILES string of the molecule is CN(C(=O)CC1NCCN(Cc2ccccc2)C1=O)c1ccccc1. The first-order valence-electron chi connectivity index (χ1n) is 8.53. The summed E-state index contributed by atoms with van der Waals surface area (Å²) in [5.41, 5.74) is 1.93. The van der Waals surface area contributed by atoms with Crippen molar-refractivity contribution in [3.8, 4) is 0 Å². The fraction of sp³-hybridized carbons (Fsp3) is 0.300. The molecule has 1 N–H and O–H groups in total. The Hall–Kier alpha value is -2.66. The molecule has 3 rings (SSSR count). The standard InChI is InChI=1S/C20H23N3O2/c1-22(17-10-6-3-7-11-17)19(24)14-18-20(25)23(13-12-21-18)15-16-8-4-2-5-9-16/h2-11,18,21H,12-15H2,1H3. The van der Waals surface area contributed by atoms with Crippen molar-refractivity contribution in [2.75, 3.05) is 25.0 Å². The molecule has 5 heteroatoms. The van der Waals surface area contributed by atoms with Crippen LogP contribution in [-0.4, -0.2) is 42.9 Å². The van der Waals surface area contributed by atoms with Gasteiger partial charge in [0.1, 0.15) is 0 Å². The molecule has 1 atom stereocenters. The minimum Gasteiger partial charge on any atom is -0.336 e. The van der Waals surface area contributed by atoms with Crippen LogP contribution in [0.15, 0.2) is 60.7 Å². The van der Waals surface area contributed by atoms with Gasteiger partial charge in [0, 0.05) is 32.4 Å². The summed E-state index contributed by atoms with van der Waals surface area (Å²) < 4.78 is 0. The van der Waals surface area contributed by atoms with E-state index in [4.69, 9.17) is 0 Å². The number of nitrogens with zero attached hydrogens (tertiary/aromatic N) is 2. The Kier molecular flexibility index (Phi) is 5.46. The smallest absolute Gasteiger partial charge is 0.240 e. The van der Waals surface area contributed by atoms with Gasteiger partial charge in [-0.3, -0.25) is 9.59 Å². The molecule has 0 aliphatic carbocycles. The zero-order valence-electron chi connectivity index (χ0n) is 14.4. The molecule has 1 aliphatic rings. The lowest BCUT2D eigenvalue weighted by Gasteiger charge is -2.33. The molecule has 2 amide bonds. The Morgan fingerprint density at radius 3 is 2.44 bits per heavy atom. The molecule has 0 radical (unpaired) electrons. The molecule has 5 nitrogen and oxygen atoms in total. The highest BCUT2D eigenvalue weighted by Gasteiger charge is 2.31. The average Bonchev–Trinajstić information content (AvgIpc) is 2.66. The molecule has 1 fully saturated rings. The van der Waals surface area contributed by atoms with E-state index in [1.807, 2.05) is 65.6 Å². The first-order valence-corrected chi connectivity index (χ1v) is 8.53. The van der Waals surface area contributed by atoms with Crippen molar-refractivity contribution < 1.29 is 9.59 Å². The van der Waals surface area contributed by atoms with E-state index in [1.54, 1.807) is 11.9 Å². The van der Waals surface area contributed by atoms with Crippen LogP contribution in [0, 0.1) is 0 Å². The lowest BCUT2D eigenvalue weighted by molar-refractivity contribution is -0.138. The summed E-state index contributed by atoms with van der Waals surface area (Å²) >= 11 is 0. The minimum atomic E-state index is -0.462. The number of carbonyl (C=O) groups excluding carboxylic acids is 2. The summed E-state index contributed by atoms with van der Waals surface area (Å²) in [7, 11) is 1.74. The van der Waals surface area contributed by atoms with Gasteiger partial charge in [0.05, 0.1) is 12.5 Å². The molecule has 2 aromatic carbocycles. The highest BCUT2D eigenvalue weighted by Crippen LogP contribution is 2.15. The Morgan fingerprint density at radius 2 is 1.76 bits per heavy atom. The number of hydrogen-bond acceptors (Lipinski definition) is 3. The van der Waals surface area contributed by atoms with Crippen molar-refractivity contribution in [1.82, 2.24) is 10.2 Å². The number of rotatable bonds is 5. The zero-order valence-corrected chi connectivity index (χ0v) is 14.4. The third kappa shape index (κ3) is 4.25. The molecule has 1 heterocycles. The van der Waals surface area contributed by atoms with Crippen molar-refractivity contribution in [3.05, 3.63) is 66.2 Å². The van der Waals surface area contributed by atoms with Gasteiger partial charge in [-0.15, -0.1) is 0 Å². The Morgan fingerprint density at radius 1 is 1.12 bits per heavy atom. The number of amides is 2. The molecular weight excluding hydrogens is 314 g/mol. The van der Waals surface area contributed by atoms with Gasteiger partial charge in [0.2, 0.25) is 11.8 Å². The first-order chi connectivity index (χ1) is 12.1. The highest BCUT2D eigenvalue weighted by molar-refractivity contribution is 5.97. The van der Waals surface area contributed by atoms with Crippen molar-refractivity contribution in [3.63, 3.8) is 0 Å². The Bertz CT molecular complexity index is 718. The quantitative estimate of drug-likeness (QED) is 0.908. The van der Waals surface area contributed by atoms with Crippen LogP contribution in [0.2, 0.25) is 0 Å². The summed E-state index contributed by atoms with van der Waals surface area (Å²) in [6, 6.07) is 18.9. The van der Waals surface area contributed by atoms with Gasteiger partial charge in [0.25, 0.3) is 0 Å². The van der Waals surface area contributed by atoms with Gasteiger partial charge in [-0.05, 0) is 17.7 Å². The predicted octanol–water partition coefficient (Wildman–Crippen LogP) is 2.04. The van der Waals surface area contributed by atoms with E-state index in [2.05, 4.69) is 5.32 Å². The zero-order chi connectivity index (χ0) is 17.6. The summed E-state index contributed by atoms with van der Waals surface area (Å²) in [6.07, 6.45) is 0.162. The van der Waals surface area contributed by atoms with Crippen molar-refractivity contribution in [2.24, 2.45) is 0 Å². The van der Waals surface area contributed by atoms with E-state index in [9.17, 15) is 9.59 Å². The maximum atomic E-state index is 12.7. The highest BCUT2D eigenvalue weighted by atomic mass is 16.2. The van der Waals surface area contributed by atoms with Crippen molar-refractivity contribution >= 4 is 17.5 Å².